The number of halogens is 2. The van der Waals surface area contributed by atoms with Crippen molar-refractivity contribution in [1.29, 1.82) is 0 Å². The maximum atomic E-state index is 13.8. The second-order valence-corrected chi connectivity index (χ2v) is 4.64. The predicted octanol–water partition coefficient (Wildman–Crippen LogP) is 2.90. The molecule has 0 radical (unpaired) electrons. The second-order valence-electron chi connectivity index (χ2n) is 4.64. The third-order valence-electron chi connectivity index (χ3n) is 3.51. The first kappa shape index (κ1) is 14.0. The van der Waals surface area contributed by atoms with Gasteiger partial charge in [-0.25, -0.2) is 9.07 Å². The number of hydrogen-bond donors (Lipinski definition) is 1. The molecular formula is C14H17ClFN3. The highest BCUT2D eigenvalue weighted by Crippen LogP contribution is 2.27. The summed E-state index contributed by atoms with van der Waals surface area (Å²) in [5.41, 5.74) is 1.65. The first-order valence-corrected chi connectivity index (χ1v) is 6.36. The van der Waals surface area contributed by atoms with Gasteiger partial charge in [-0.2, -0.15) is 5.10 Å². The fourth-order valence-corrected chi connectivity index (χ4v) is 2.57. The second kappa shape index (κ2) is 6.17. The zero-order valence-electron chi connectivity index (χ0n) is 10.6. The minimum atomic E-state index is -0.226. The van der Waals surface area contributed by atoms with Crippen LogP contribution in [0.5, 0.6) is 0 Å². The number of rotatable bonds is 2. The summed E-state index contributed by atoms with van der Waals surface area (Å²) in [6, 6.07) is 8.79. The van der Waals surface area contributed by atoms with Crippen molar-refractivity contribution in [2.75, 3.05) is 13.1 Å². The van der Waals surface area contributed by atoms with E-state index in [2.05, 4.69) is 10.4 Å². The average molecular weight is 282 g/mol. The first-order valence-electron chi connectivity index (χ1n) is 6.36. The van der Waals surface area contributed by atoms with E-state index >= 15 is 0 Å². The van der Waals surface area contributed by atoms with Crippen LogP contribution in [-0.4, -0.2) is 22.9 Å². The van der Waals surface area contributed by atoms with Crippen molar-refractivity contribution < 1.29 is 4.39 Å². The number of nitrogens with one attached hydrogen (secondary N) is 1. The van der Waals surface area contributed by atoms with Gasteiger partial charge in [-0.3, -0.25) is 0 Å². The Kier molecular flexibility index (Phi) is 4.56. The lowest BCUT2D eigenvalue weighted by atomic mass is 9.94. The molecule has 1 N–H and O–H groups in total. The summed E-state index contributed by atoms with van der Waals surface area (Å²) in [6.07, 6.45) is 3.92. The standard InChI is InChI=1S/C14H16FN3.ClH/c15-12-3-1-2-4-14(12)18-13(7-10-17-18)11-5-8-16-9-6-11;/h1-4,7,10-11,16H,5-6,8-9H2;1H. The Morgan fingerprint density at radius 1 is 1.16 bits per heavy atom. The van der Waals surface area contributed by atoms with E-state index < -0.39 is 0 Å². The molecule has 5 heteroatoms. The van der Waals surface area contributed by atoms with Crippen LogP contribution in [0.15, 0.2) is 36.5 Å². The molecular weight excluding hydrogens is 265 g/mol. The number of piperidine rings is 1. The fourth-order valence-electron chi connectivity index (χ4n) is 2.57. The molecule has 1 aliphatic rings. The summed E-state index contributed by atoms with van der Waals surface area (Å²) in [4.78, 5) is 0. The molecule has 0 saturated carbocycles. The monoisotopic (exact) mass is 281 g/mol. The molecule has 0 aliphatic carbocycles. The lowest BCUT2D eigenvalue weighted by molar-refractivity contribution is 0.444. The maximum absolute atomic E-state index is 13.8. The molecule has 1 aromatic carbocycles. The highest BCUT2D eigenvalue weighted by atomic mass is 35.5. The topological polar surface area (TPSA) is 29.9 Å². The minimum absolute atomic E-state index is 0. The van der Waals surface area contributed by atoms with E-state index in [0.29, 0.717) is 11.6 Å². The van der Waals surface area contributed by atoms with Crippen LogP contribution in [0.2, 0.25) is 0 Å². The molecule has 2 aromatic rings. The van der Waals surface area contributed by atoms with E-state index in [0.717, 1.165) is 31.6 Å². The highest BCUT2D eigenvalue weighted by Gasteiger charge is 2.20. The Bertz CT molecular complexity index is 535. The molecule has 2 heterocycles. The Morgan fingerprint density at radius 3 is 2.63 bits per heavy atom. The van der Waals surface area contributed by atoms with Gasteiger partial charge in [0.05, 0.1) is 0 Å². The van der Waals surface area contributed by atoms with Crippen LogP contribution in [0, 0.1) is 5.82 Å². The SMILES string of the molecule is Cl.Fc1ccccc1-n1nccc1C1CCNCC1. The van der Waals surface area contributed by atoms with Crippen molar-refractivity contribution in [1.82, 2.24) is 15.1 Å². The van der Waals surface area contributed by atoms with E-state index in [9.17, 15) is 4.39 Å². The number of aromatic nitrogens is 2. The molecule has 1 aliphatic heterocycles. The molecule has 0 spiro atoms. The summed E-state index contributed by atoms with van der Waals surface area (Å²) < 4.78 is 15.6. The van der Waals surface area contributed by atoms with Crippen LogP contribution in [0.3, 0.4) is 0 Å². The average Bonchev–Trinajstić information content (AvgIpc) is 2.89. The van der Waals surface area contributed by atoms with Gasteiger partial charge < -0.3 is 5.32 Å². The normalized spacial score (nSPS) is 16.1. The van der Waals surface area contributed by atoms with Crippen LogP contribution in [0.25, 0.3) is 5.69 Å². The molecule has 0 atom stereocenters. The Balaban J connectivity index is 0.00000133. The van der Waals surface area contributed by atoms with Crippen LogP contribution >= 0.6 is 12.4 Å². The van der Waals surface area contributed by atoms with E-state index in [1.807, 2.05) is 12.1 Å². The summed E-state index contributed by atoms with van der Waals surface area (Å²) in [5.74, 6) is 0.241. The smallest absolute Gasteiger partial charge is 0.148 e. The Labute approximate surface area is 118 Å². The molecule has 102 valence electrons. The van der Waals surface area contributed by atoms with Gasteiger partial charge in [-0.15, -0.1) is 12.4 Å². The molecule has 3 nitrogen and oxygen atoms in total. The third-order valence-corrected chi connectivity index (χ3v) is 3.51. The van der Waals surface area contributed by atoms with Crippen LogP contribution < -0.4 is 5.32 Å². The van der Waals surface area contributed by atoms with Gasteiger partial charge in [-0.05, 0) is 44.1 Å². The van der Waals surface area contributed by atoms with E-state index in [4.69, 9.17) is 0 Å². The summed E-state index contributed by atoms with van der Waals surface area (Å²) in [6.45, 7) is 2.04. The van der Waals surface area contributed by atoms with Gasteiger partial charge in [0, 0.05) is 17.8 Å². The predicted molar refractivity (Wildman–Crippen MR) is 75.6 cm³/mol. The molecule has 3 rings (SSSR count). The van der Waals surface area contributed by atoms with Gasteiger partial charge in [-0.1, -0.05) is 12.1 Å². The quantitative estimate of drug-likeness (QED) is 0.917. The zero-order valence-corrected chi connectivity index (χ0v) is 11.4. The molecule has 0 amide bonds. The van der Waals surface area contributed by atoms with Crippen molar-refractivity contribution in [3.05, 3.63) is 48.0 Å². The van der Waals surface area contributed by atoms with Gasteiger partial charge in [0.25, 0.3) is 0 Å². The summed E-state index contributed by atoms with van der Waals surface area (Å²) in [7, 11) is 0. The van der Waals surface area contributed by atoms with Crippen molar-refractivity contribution in [2.45, 2.75) is 18.8 Å². The maximum Gasteiger partial charge on any atom is 0.148 e. The highest BCUT2D eigenvalue weighted by molar-refractivity contribution is 5.85. The largest absolute Gasteiger partial charge is 0.317 e. The summed E-state index contributed by atoms with van der Waals surface area (Å²) >= 11 is 0. The number of nitrogens with zero attached hydrogens (tertiary/aromatic N) is 2. The number of para-hydroxylation sites is 1. The number of benzene rings is 1. The van der Waals surface area contributed by atoms with Gasteiger partial charge in [0.1, 0.15) is 11.5 Å². The zero-order chi connectivity index (χ0) is 12.4. The van der Waals surface area contributed by atoms with Crippen molar-refractivity contribution in [3.8, 4) is 5.69 Å². The third kappa shape index (κ3) is 2.80. The lowest BCUT2D eigenvalue weighted by Crippen LogP contribution is -2.27. The van der Waals surface area contributed by atoms with Gasteiger partial charge >= 0.3 is 0 Å². The van der Waals surface area contributed by atoms with E-state index in [1.165, 1.54) is 6.07 Å². The molecule has 0 bridgehead atoms. The molecule has 1 fully saturated rings. The molecule has 1 saturated heterocycles. The van der Waals surface area contributed by atoms with Crippen molar-refractivity contribution in [2.24, 2.45) is 0 Å². The van der Waals surface area contributed by atoms with E-state index in [1.54, 1.807) is 23.0 Å². The summed E-state index contributed by atoms with van der Waals surface area (Å²) in [5, 5.41) is 7.62. The van der Waals surface area contributed by atoms with Gasteiger partial charge in [0.15, 0.2) is 0 Å². The van der Waals surface area contributed by atoms with Crippen molar-refractivity contribution in [3.63, 3.8) is 0 Å². The lowest BCUT2D eigenvalue weighted by Gasteiger charge is -2.23. The first-order chi connectivity index (χ1) is 8.86. The van der Waals surface area contributed by atoms with Crippen LogP contribution in [0.4, 0.5) is 4.39 Å². The van der Waals surface area contributed by atoms with Gasteiger partial charge in [0.2, 0.25) is 0 Å². The molecule has 1 aromatic heterocycles. The van der Waals surface area contributed by atoms with Crippen molar-refractivity contribution >= 4 is 12.4 Å². The molecule has 19 heavy (non-hydrogen) atoms. The Morgan fingerprint density at radius 2 is 1.89 bits per heavy atom. The van der Waals surface area contributed by atoms with E-state index in [-0.39, 0.29) is 18.2 Å². The Hall–Kier alpha value is -1.39. The minimum Gasteiger partial charge on any atom is -0.317 e. The van der Waals surface area contributed by atoms with Crippen LogP contribution in [-0.2, 0) is 0 Å². The van der Waals surface area contributed by atoms with Crippen LogP contribution in [0.1, 0.15) is 24.5 Å². The molecule has 0 unspecified atom stereocenters. The number of hydrogen-bond acceptors (Lipinski definition) is 2. The fraction of sp³-hybridized carbons (Fsp3) is 0.357.